The maximum Gasteiger partial charge on any atom is 0.243 e. The van der Waals surface area contributed by atoms with Crippen LogP contribution in [0.5, 0.6) is 5.75 Å². The van der Waals surface area contributed by atoms with Crippen molar-refractivity contribution in [3.63, 3.8) is 0 Å². The molecule has 0 amide bonds. The lowest BCUT2D eigenvalue weighted by molar-refractivity contribution is 0.413. The van der Waals surface area contributed by atoms with Crippen molar-refractivity contribution >= 4 is 31.2 Å². The van der Waals surface area contributed by atoms with E-state index < -0.39 is 25.1 Å². The first-order chi connectivity index (χ1) is 11.8. The second-order valence-corrected chi connectivity index (χ2v) is 11.0. The molecular formula is C16H19NO5S3. The molecule has 1 fully saturated rings. The SMILES string of the molecule is COc1ccc(S(=O)(=O)N2CCC(c3cccs3)S(=O)(=O)CC2)cc1. The first-order valence-corrected chi connectivity index (χ1v) is 11.8. The van der Waals surface area contributed by atoms with Crippen LogP contribution < -0.4 is 4.74 Å². The standard InChI is InChI=1S/C16H19NO5S3/c1-22-13-4-6-14(7-5-13)25(20,21)17-9-8-16(15-3-2-11-23-15)24(18,19)12-10-17/h2-7,11,16H,8-10,12H2,1H3. The third-order valence-electron chi connectivity index (χ3n) is 4.26. The zero-order chi connectivity index (χ0) is 18.1. The summed E-state index contributed by atoms with van der Waals surface area (Å²) < 4.78 is 57.1. The number of nitrogens with zero attached hydrogens (tertiary/aromatic N) is 1. The highest BCUT2D eigenvalue weighted by Gasteiger charge is 2.36. The van der Waals surface area contributed by atoms with Crippen molar-refractivity contribution in [1.82, 2.24) is 4.31 Å². The fraction of sp³-hybridized carbons (Fsp3) is 0.375. The molecule has 25 heavy (non-hydrogen) atoms. The zero-order valence-electron chi connectivity index (χ0n) is 13.7. The van der Waals surface area contributed by atoms with Crippen molar-refractivity contribution < 1.29 is 21.6 Å². The van der Waals surface area contributed by atoms with Crippen LogP contribution in [-0.2, 0) is 19.9 Å². The van der Waals surface area contributed by atoms with E-state index in [2.05, 4.69) is 0 Å². The van der Waals surface area contributed by atoms with Gasteiger partial charge in [0, 0.05) is 18.0 Å². The van der Waals surface area contributed by atoms with Gasteiger partial charge in [0.05, 0.1) is 23.0 Å². The molecule has 6 nitrogen and oxygen atoms in total. The third-order valence-corrected chi connectivity index (χ3v) is 9.41. The molecule has 3 rings (SSSR count). The maximum atomic E-state index is 12.8. The molecule has 0 spiro atoms. The summed E-state index contributed by atoms with van der Waals surface area (Å²) in [5, 5.41) is 1.20. The van der Waals surface area contributed by atoms with Gasteiger partial charge in [0.15, 0.2) is 9.84 Å². The first kappa shape index (κ1) is 18.4. The van der Waals surface area contributed by atoms with Crippen LogP contribution in [0, 0.1) is 0 Å². The molecule has 9 heteroatoms. The number of rotatable bonds is 4. The molecule has 136 valence electrons. The Labute approximate surface area is 152 Å². The Kier molecular flexibility index (Phi) is 5.19. The molecule has 0 bridgehead atoms. The van der Waals surface area contributed by atoms with Gasteiger partial charge in [0.2, 0.25) is 10.0 Å². The monoisotopic (exact) mass is 401 g/mol. The molecule has 1 aromatic carbocycles. The van der Waals surface area contributed by atoms with Crippen molar-refractivity contribution in [3.05, 3.63) is 46.7 Å². The number of hydrogen-bond acceptors (Lipinski definition) is 6. The van der Waals surface area contributed by atoms with E-state index in [4.69, 9.17) is 4.74 Å². The molecular weight excluding hydrogens is 382 g/mol. The number of sulfone groups is 1. The van der Waals surface area contributed by atoms with Crippen LogP contribution in [0.2, 0.25) is 0 Å². The van der Waals surface area contributed by atoms with Crippen molar-refractivity contribution in [2.24, 2.45) is 0 Å². The topological polar surface area (TPSA) is 80.8 Å². The van der Waals surface area contributed by atoms with E-state index in [0.717, 1.165) is 4.88 Å². The van der Waals surface area contributed by atoms with E-state index in [1.165, 1.54) is 34.9 Å². The highest BCUT2D eigenvalue weighted by Crippen LogP contribution is 2.33. The summed E-state index contributed by atoms with van der Waals surface area (Å²) in [6.45, 7) is 0.148. The van der Waals surface area contributed by atoms with Crippen molar-refractivity contribution in [2.75, 3.05) is 26.0 Å². The van der Waals surface area contributed by atoms with Gasteiger partial charge in [-0.05, 0) is 42.1 Å². The van der Waals surface area contributed by atoms with E-state index in [0.29, 0.717) is 5.75 Å². The van der Waals surface area contributed by atoms with E-state index in [1.54, 1.807) is 18.2 Å². The van der Waals surface area contributed by atoms with Crippen LogP contribution >= 0.6 is 11.3 Å². The van der Waals surface area contributed by atoms with Gasteiger partial charge in [0.1, 0.15) is 5.75 Å². The second kappa shape index (κ2) is 7.06. The highest BCUT2D eigenvalue weighted by atomic mass is 32.2. The summed E-state index contributed by atoms with van der Waals surface area (Å²) in [4.78, 5) is 0.906. The first-order valence-electron chi connectivity index (χ1n) is 7.74. The van der Waals surface area contributed by atoms with E-state index in [9.17, 15) is 16.8 Å². The molecule has 1 aliphatic heterocycles. The Bertz CT molecular complexity index is 919. The molecule has 1 saturated heterocycles. The predicted octanol–water partition coefficient (Wildman–Crippen LogP) is 2.31. The Morgan fingerprint density at radius 2 is 1.88 bits per heavy atom. The fourth-order valence-electron chi connectivity index (χ4n) is 2.85. The van der Waals surface area contributed by atoms with Crippen LogP contribution in [0.25, 0.3) is 0 Å². The van der Waals surface area contributed by atoms with Crippen molar-refractivity contribution in [3.8, 4) is 5.75 Å². The predicted molar refractivity (Wildman–Crippen MR) is 97.2 cm³/mol. The molecule has 1 unspecified atom stereocenters. The molecule has 1 aromatic heterocycles. The number of methoxy groups -OCH3 is 1. The molecule has 2 heterocycles. The number of hydrogen-bond donors (Lipinski definition) is 0. The molecule has 2 aromatic rings. The van der Waals surface area contributed by atoms with Crippen molar-refractivity contribution in [1.29, 1.82) is 0 Å². The molecule has 1 aliphatic rings. The molecule has 1 atom stereocenters. The lowest BCUT2D eigenvalue weighted by atomic mass is 10.2. The highest BCUT2D eigenvalue weighted by molar-refractivity contribution is 7.92. The fourth-order valence-corrected chi connectivity index (χ4v) is 7.43. The van der Waals surface area contributed by atoms with Crippen LogP contribution in [-0.4, -0.2) is 47.1 Å². The summed E-state index contributed by atoms with van der Waals surface area (Å²) in [6, 6.07) is 9.72. The lowest BCUT2D eigenvalue weighted by Gasteiger charge is -2.19. The molecule has 0 saturated carbocycles. The van der Waals surface area contributed by atoms with Crippen LogP contribution in [0.4, 0.5) is 0 Å². The van der Waals surface area contributed by atoms with Crippen LogP contribution in [0.1, 0.15) is 16.5 Å². The Balaban J connectivity index is 1.86. The molecule has 0 radical (unpaired) electrons. The Morgan fingerprint density at radius 3 is 2.48 bits per heavy atom. The summed E-state index contributed by atoms with van der Waals surface area (Å²) >= 11 is 1.39. The normalized spacial score (nSPS) is 21.6. The van der Waals surface area contributed by atoms with Gasteiger partial charge in [-0.3, -0.25) is 0 Å². The largest absolute Gasteiger partial charge is 0.497 e. The van der Waals surface area contributed by atoms with E-state index in [1.807, 2.05) is 11.4 Å². The molecule has 0 aliphatic carbocycles. The van der Waals surface area contributed by atoms with Gasteiger partial charge in [-0.1, -0.05) is 6.07 Å². The van der Waals surface area contributed by atoms with Crippen LogP contribution in [0.3, 0.4) is 0 Å². The molecule has 0 N–H and O–H groups in total. The zero-order valence-corrected chi connectivity index (χ0v) is 16.1. The summed E-state index contributed by atoms with van der Waals surface area (Å²) in [5.41, 5.74) is 0. The van der Waals surface area contributed by atoms with E-state index in [-0.39, 0.29) is 30.2 Å². The number of ether oxygens (including phenoxy) is 1. The van der Waals surface area contributed by atoms with Gasteiger partial charge in [-0.25, -0.2) is 16.8 Å². The van der Waals surface area contributed by atoms with Gasteiger partial charge in [-0.2, -0.15) is 4.31 Å². The summed E-state index contributed by atoms with van der Waals surface area (Å²) in [6.07, 6.45) is 0.262. The quantitative estimate of drug-likeness (QED) is 0.785. The summed E-state index contributed by atoms with van der Waals surface area (Å²) in [7, 11) is -5.61. The van der Waals surface area contributed by atoms with E-state index >= 15 is 0 Å². The number of sulfonamides is 1. The Morgan fingerprint density at radius 1 is 1.16 bits per heavy atom. The minimum absolute atomic E-state index is 0.0292. The lowest BCUT2D eigenvalue weighted by Crippen LogP contribution is -2.33. The smallest absolute Gasteiger partial charge is 0.243 e. The van der Waals surface area contributed by atoms with Gasteiger partial charge in [0.25, 0.3) is 0 Å². The summed E-state index contributed by atoms with van der Waals surface area (Å²) in [5.74, 6) is 0.389. The second-order valence-electron chi connectivity index (χ2n) is 5.74. The third kappa shape index (κ3) is 3.74. The number of thiophene rings is 1. The van der Waals surface area contributed by atoms with Gasteiger partial charge < -0.3 is 4.74 Å². The minimum atomic E-state index is -3.74. The van der Waals surface area contributed by atoms with Crippen LogP contribution in [0.15, 0.2) is 46.7 Å². The van der Waals surface area contributed by atoms with Crippen molar-refractivity contribution in [2.45, 2.75) is 16.6 Å². The average molecular weight is 402 g/mol. The maximum absolute atomic E-state index is 12.8. The van der Waals surface area contributed by atoms with Gasteiger partial charge >= 0.3 is 0 Å². The Hall–Kier alpha value is -1.42. The van der Waals surface area contributed by atoms with Gasteiger partial charge in [-0.15, -0.1) is 11.3 Å². The number of benzene rings is 1. The minimum Gasteiger partial charge on any atom is -0.497 e. The average Bonchev–Trinajstić information content (AvgIpc) is 3.06.